The number of anilines is 1. The second-order valence-electron chi connectivity index (χ2n) is 5.13. The molecule has 5 heteroatoms. The number of halogens is 2. The number of ether oxygens (including phenoxy) is 1. The molecule has 0 amide bonds. The smallest absolute Gasteiger partial charge is 0.387 e. The molecular weight excluding hydrogens is 250 g/mol. The van der Waals surface area contributed by atoms with E-state index in [2.05, 4.69) is 28.8 Å². The van der Waals surface area contributed by atoms with Gasteiger partial charge in [-0.1, -0.05) is 6.92 Å². The molecule has 0 bridgehead atoms. The third kappa shape index (κ3) is 3.56. The van der Waals surface area contributed by atoms with Crippen LogP contribution < -0.4 is 15.0 Å². The second kappa shape index (κ2) is 5.74. The number of rotatable bonds is 4. The van der Waals surface area contributed by atoms with E-state index in [0.29, 0.717) is 0 Å². The van der Waals surface area contributed by atoms with Crippen molar-refractivity contribution in [3.8, 4) is 5.75 Å². The minimum Gasteiger partial charge on any atom is -0.435 e. The summed E-state index contributed by atoms with van der Waals surface area (Å²) in [7, 11) is 0. The predicted molar refractivity (Wildman–Crippen MR) is 72.0 cm³/mol. The van der Waals surface area contributed by atoms with Crippen LogP contribution in [0, 0.1) is 0 Å². The van der Waals surface area contributed by atoms with Crippen molar-refractivity contribution in [2.24, 2.45) is 0 Å². The van der Waals surface area contributed by atoms with Crippen molar-refractivity contribution >= 4 is 5.69 Å². The van der Waals surface area contributed by atoms with Crippen molar-refractivity contribution in [1.82, 2.24) is 5.32 Å². The Morgan fingerprint density at radius 2 is 2.05 bits per heavy atom. The maximum atomic E-state index is 12.1. The highest BCUT2D eigenvalue weighted by molar-refractivity contribution is 5.50. The Kier molecular flexibility index (Phi) is 4.24. The molecule has 1 unspecified atom stereocenters. The lowest BCUT2D eigenvalue weighted by atomic mass is 9.95. The third-order valence-electron chi connectivity index (χ3n) is 3.68. The van der Waals surface area contributed by atoms with Crippen LogP contribution >= 0.6 is 0 Å². The summed E-state index contributed by atoms with van der Waals surface area (Å²) in [6.45, 7) is 4.36. The van der Waals surface area contributed by atoms with Crippen LogP contribution in [0.3, 0.4) is 0 Å². The minimum absolute atomic E-state index is 0.108. The van der Waals surface area contributed by atoms with E-state index in [-0.39, 0.29) is 11.3 Å². The molecule has 1 fully saturated rings. The van der Waals surface area contributed by atoms with Crippen LogP contribution in [0.1, 0.15) is 20.3 Å². The van der Waals surface area contributed by atoms with Crippen LogP contribution in [0.25, 0.3) is 0 Å². The number of alkyl halides is 2. The summed E-state index contributed by atoms with van der Waals surface area (Å²) < 4.78 is 28.5. The van der Waals surface area contributed by atoms with Gasteiger partial charge in [0.1, 0.15) is 5.75 Å². The van der Waals surface area contributed by atoms with Gasteiger partial charge in [-0.2, -0.15) is 8.78 Å². The molecule has 1 N–H and O–H groups in total. The molecule has 0 radical (unpaired) electrons. The highest BCUT2D eigenvalue weighted by Crippen LogP contribution is 2.24. The first-order valence-corrected chi connectivity index (χ1v) is 6.57. The Bertz CT molecular complexity index is 410. The third-order valence-corrected chi connectivity index (χ3v) is 3.68. The molecule has 0 aliphatic carbocycles. The molecule has 1 atom stereocenters. The molecule has 3 nitrogen and oxygen atoms in total. The average molecular weight is 270 g/mol. The number of nitrogens with zero attached hydrogens (tertiary/aromatic N) is 1. The molecular formula is C14H20F2N2O. The van der Waals surface area contributed by atoms with Gasteiger partial charge in [-0.3, -0.25) is 0 Å². The lowest BCUT2D eigenvalue weighted by molar-refractivity contribution is -0.0498. The summed E-state index contributed by atoms with van der Waals surface area (Å²) in [5.74, 6) is 0.201. The van der Waals surface area contributed by atoms with E-state index in [1.54, 1.807) is 12.1 Å². The normalized spacial score (nSPS) is 23.7. The molecule has 19 heavy (non-hydrogen) atoms. The van der Waals surface area contributed by atoms with Gasteiger partial charge in [0.25, 0.3) is 0 Å². The molecule has 0 aromatic heterocycles. The van der Waals surface area contributed by atoms with Crippen LogP contribution in [0.5, 0.6) is 5.75 Å². The highest BCUT2D eigenvalue weighted by atomic mass is 19.3. The largest absolute Gasteiger partial charge is 0.435 e. The maximum absolute atomic E-state index is 12.1. The lowest BCUT2D eigenvalue weighted by Crippen LogP contribution is -2.58. The summed E-state index contributed by atoms with van der Waals surface area (Å²) in [5, 5.41) is 3.52. The van der Waals surface area contributed by atoms with Gasteiger partial charge in [-0.25, -0.2) is 0 Å². The molecule has 1 aromatic carbocycles. The molecule has 1 aromatic rings. The fraction of sp³-hybridized carbons (Fsp3) is 0.571. The van der Waals surface area contributed by atoms with Crippen LogP contribution in [-0.4, -0.2) is 31.8 Å². The van der Waals surface area contributed by atoms with E-state index in [1.807, 2.05) is 12.1 Å². The van der Waals surface area contributed by atoms with E-state index in [9.17, 15) is 8.78 Å². The van der Waals surface area contributed by atoms with Gasteiger partial charge in [0.2, 0.25) is 0 Å². The Balaban J connectivity index is 2.05. The van der Waals surface area contributed by atoms with E-state index >= 15 is 0 Å². The van der Waals surface area contributed by atoms with Crippen molar-refractivity contribution in [1.29, 1.82) is 0 Å². The molecule has 2 rings (SSSR count). The Morgan fingerprint density at radius 1 is 1.37 bits per heavy atom. The summed E-state index contributed by atoms with van der Waals surface area (Å²) in [5.41, 5.74) is 1.15. The van der Waals surface area contributed by atoms with E-state index in [4.69, 9.17) is 0 Å². The summed E-state index contributed by atoms with van der Waals surface area (Å²) in [4.78, 5) is 2.27. The minimum atomic E-state index is -2.77. The zero-order valence-electron chi connectivity index (χ0n) is 11.3. The summed E-state index contributed by atoms with van der Waals surface area (Å²) in [6, 6.07) is 6.85. The van der Waals surface area contributed by atoms with Crippen LogP contribution in [0.4, 0.5) is 14.5 Å². The van der Waals surface area contributed by atoms with Gasteiger partial charge in [0.15, 0.2) is 0 Å². The SMILES string of the molecule is CCC1(C)CN(c2ccc(OC(F)F)cc2)CCN1. The highest BCUT2D eigenvalue weighted by Gasteiger charge is 2.28. The standard InChI is InChI=1S/C14H20F2N2O/c1-3-14(2)10-18(9-8-17-14)11-4-6-12(7-5-11)19-13(15)16/h4-7,13,17H,3,8-10H2,1-2H3. The van der Waals surface area contributed by atoms with Crippen molar-refractivity contribution < 1.29 is 13.5 Å². The fourth-order valence-corrected chi connectivity index (χ4v) is 2.34. The van der Waals surface area contributed by atoms with E-state index in [1.165, 1.54) is 0 Å². The number of benzene rings is 1. The van der Waals surface area contributed by atoms with Gasteiger partial charge >= 0.3 is 6.61 Å². The van der Waals surface area contributed by atoms with Crippen molar-refractivity contribution in [3.05, 3.63) is 24.3 Å². The zero-order chi connectivity index (χ0) is 13.9. The second-order valence-corrected chi connectivity index (χ2v) is 5.13. The van der Waals surface area contributed by atoms with Crippen molar-refractivity contribution in [2.45, 2.75) is 32.4 Å². The molecule has 1 saturated heterocycles. The molecule has 106 valence electrons. The number of nitrogens with one attached hydrogen (secondary N) is 1. The van der Waals surface area contributed by atoms with Crippen LogP contribution in [0.2, 0.25) is 0 Å². The molecule has 0 saturated carbocycles. The molecule has 1 heterocycles. The first kappa shape index (κ1) is 14.1. The number of hydrogen-bond donors (Lipinski definition) is 1. The van der Waals surface area contributed by atoms with Gasteiger partial charge in [0.05, 0.1) is 0 Å². The maximum Gasteiger partial charge on any atom is 0.387 e. The van der Waals surface area contributed by atoms with E-state index < -0.39 is 6.61 Å². The zero-order valence-corrected chi connectivity index (χ0v) is 11.3. The first-order chi connectivity index (χ1) is 9.02. The molecule has 1 aliphatic rings. The van der Waals surface area contributed by atoms with Crippen molar-refractivity contribution in [3.63, 3.8) is 0 Å². The van der Waals surface area contributed by atoms with Gasteiger partial charge in [-0.15, -0.1) is 0 Å². The summed E-state index contributed by atoms with van der Waals surface area (Å²) >= 11 is 0. The molecule has 1 aliphatic heterocycles. The average Bonchev–Trinajstić information content (AvgIpc) is 2.39. The topological polar surface area (TPSA) is 24.5 Å². The Morgan fingerprint density at radius 3 is 2.63 bits per heavy atom. The van der Waals surface area contributed by atoms with Gasteiger partial charge < -0.3 is 15.0 Å². The Hall–Kier alpha value is -1.36. The van der Waals surface area contributed by atoms with Gasteiger partial charge in [-0.05, 0) is 37.6 Å². The van der Waals surface area contributed by atoms with Crippen LogP contribution in [0.15, 0.2) is 24.3 Å². The van der Waals surface area contributed by atoms with Gasteiger partial charge in [0, 0.05) is 30.9 Å². The number of hydrogen-bond acceptors (Lipinski definition) is 3. The fourth-order valence-electron chi connectivity index (χ4n) is 2.34. The van der Waals surface area contributed by atoms with E-state index in [0.717, 1.165) is 31.7 Å². The van der Waals surface area contributed by atoms with Crippen LogP contribution in [-0.2, 0) is 0 Å². The monoisotopic (exact) mass is 270 g/mol. The number of piperazine rings is 1. The Labute approximate surface area is 112 Å². The molecule has 0 spiro atoms. The van der Waals surface area contributed by atoms with Crippen molar-refractivity contribution in [2.75, 3.05) is 24.5 Å². The lowest BCUT2D eigenvalue weighted by Gasteiger charge is -2.42. The summed E-state index contributed by atoms with van der Waals surface area (Å²) in [6.07, 6.45) is 1.05. The first-order valence-electron chi connectivity index (χ1n) is 6.57. The predicted octanol–water partition coefficient (Wildman–Crippen LogP) is 2.87. The quantitative estimate of drug-likeness (QED) is 0.910.